The number of nitrogens with zero attached hydrogens (tertiary/aromatic N) is 2. The minimum atomic E-state index is -0.400. The average molecular weight is 461 g/mol. The largest absolute Gasteiger partial charge is 0.469 e. The lowest BCUT2D eigenvalue weighted by atomic mass is 9.51. The number of hydrogen-bond acceptors (Lipinski definition) is 3. The fourth-order valence-corrected chi connectivity index (χ4v) is 6.94. The number of piperidine rings is 1. The summed E-state index contributed by atoms with van der Waals surface area (Å²) in [5, 5.41) is 0. The molecule has 2 aliphatic heterocycles. The fraction of sp³-hybridized carbons (Fsp3) is 0.517. The van der Waals surface area contributed by atoms with Crippen LogP contribution < -0.4 is 0 Å². The molecule has 3 aliphatic rings. The quantitative estimate of drug-likeness (QED) is 0.611. The molecule has 34 heavy (non-hydrogen) atoms. The first-order chi connectivity index (χ1) is 16.2. The van der Waals surface area contributed by atoms with E-state index >= 15 is 0 Å². The van der Waals surface area contributed by atoms with Gasteiger partial charge >= 0.3 is 12.0 Å². The monoisotopic (exact) mass is 460 g/mol. The highest BCUT2D eigenvalue weighted by atomic mass is 16.5. The zero-order valence-electron chi connectivity index (χ0n) is 20.8. The summed E-state index contributed by atoms with van der Waals surface area (Å²) in [5.41, 5.74) is 3.55. The second-order valence-corrected chi connectivity index (χ2v) is 11.2. The molecule has 2 aromatic carbocycles. The van der Waals surface area contributed by atoms with Crippen LogP contribution in [0.5, 0.6) is 0 Å². The van der Waals surface area contributed by atoms with Gasteiger partial charge in [-0.15, -0.1) is 0 Å². The van der Waals surface area contributed by atoms with Crippen LogP contribution >= 0.6 is 0 Å². The van der Waals surface area contributed by atoms with Gasteiger partial charge in [-0.1, -0.05) is 75.4 Å². The Morgan fingerprint density at radius 2 is 1.68 bits per heavy atom. The van der Waals surface area contributed by atoms with E-state index in [0.717, 1.165) is 31.4 Å². The first-order valence-corrected chi connectivity index (χ1v) is 12.5. The lowest BCUT2D eigenvalue weighted by Gasteiger charge is -2.61. The van der Waals surface area contributed by atoms with Crippen molar-refractivity contribution in [1.82, 2.24) is 9.80 Å². The molecule has 0 N–H and O–H groups in total. The van der Waals surface area contributed by atoms with Crippen molar-refractivity contribution in [3.8, 4) is 0 Å². The van der Waals surface area contributed by atoms with Crippen LogP contribution in [0, 0.1) is 5.41 Å². The van der Waals surface area contributed by atoms with Gasteiger partial charge in [0.15, 0.2) is 0 Å². The molecule has 2 bridgehead atoms. The average Bonchev–Trinajstić information content (AvgIpc) is 3.27. The molecule has 5 heteroatoms. The summed E-state index contributed by atoms with van der Waals surface area (Å²) < 4.78 is 5.04. The molecule has 5 nitrogen and oxygen atoms in total. The maximum atomic E-state index is 14.0. The normalized spacial score (nSPS) is 29.5. The maximum Gasteiger partial charge on any atom is 0.320 e. The van der Waals surface area contributed by atoms with Crippen molar-refractivity contribution < 1.29 is 14.3 Å². The lowest BCUT2D eigenvalue weighted by Crippen LogP contribution is -2.66. The van der Waals surface area contributed by atoms with E-state index < -0.39 is 5.41 Å². The van der Waals surface area contributed by atoms with Gasteiger partial charge in [0.1, 0.15) is 0 Å². The van der Waals surface area contributed by atoms with Gasteiger partial charge in [-0.25, -0.2) is 4.79 Å². The smallest absolute Gasteiger partial charge is 0.320 e. The predicted molar refractivity (Wildman–Crippen MR) is 133 cm³/mol. The number of esters is 1. The number of ether oxygens (including phenoxy) is 1. The highest BCUT2D eigenvalue weighted by Gasteiger charge is 2.57. The van der Waals surface area contributed by atoms with E-state index in [1.807, 2.05) is 23.1 Å². The number of methoxy groups -OCH3 is 1. The number of hydrogen-bond donors (Lipinski definition) is 0. The van der Waals surface area contributed by atoms with Crippen LogP contribution in [0.25, 0.3) is 0 Å². The number of carbonyl (C=O) groups excluding carboxylic acids is 2. The van der Waals surface area contributed by atoms with Gasteiger partial charge in [0, 0.05) is 36.5 Å². The van der Waals surface area contributed by atoms with Crippen molar-refractivity contribution >= 4 is 12.0 Å². The lowest BCUT2D eigenvalue weighted by molar-refractivity contribution is -0.142. The van der Waals surface area contributed by atoms with Crippen molar-refractivity contribution in [2.75, 3.05) is 26.7 Å². The van der Waals surface area contributed by atoms with Gasteiger partial charge in [-0.2, -0.15) is 0 Å². The van der Waals surface area contributed by atoms with Gasteiger partial charge in [-0.3, -0.25) is 4.79 Å². The predicted octanol–water partition coefficient (Wildman–Crippen LogP) is 4.93. The van der Waals surface area contributed by atoms with Gasteiger partial charge in [0.25, 0.3) is 0 Å². The van der Waals surface area contributed by atoms with Gasteiger partial charge in [-0.05, 0) is 41.4 Å². The van der Waals surface area contributed by atoms with E-state index in [9.17, 15) is 9.59 Å². The molecule has 0 spiro atoms. The first kappa shape index (κ1) is 22.9. The topological polar surface area (TPSA) is 49.9 Å². The molecular weight excluding hydrogens is 424 g/mol. The maximum absolute atomic E-state index is 14.0. The Hall–Kier alpha value is -2.82. The summed E-state index contributed by atoms with van der Waals surface area (Å²) >= 11 is 0. The summed E-state index contributed by atoms with van der Waals surface area (Å²) in [6, 6.07) is 19.2. The molecule has 2 fully saturated rings. The van der Waals surface area contributed by atoms with Gasteiger partial charge < -0.3 is 14.5 Å². The molecular formula is C29H36N2O3. The molecule has 2 amide bonds. The number of amides is 2. The Labute approximate surface area is 203 Å². The van der Waals surface area contributed by atoms with Crippen LogP contribution in [0.4, 0.5) is 4.79 Å². The van der Waals surface area contributed by atoms with Gasteiger partial charge in [0.2, 0.25) is 0 Å². The number of carbonyl (C=O) groups is 2. The Morgan fingerprint density at radius 1 is 0.971 bits per heavy atom. The highest BCUT2D eigenvalue weighted by molar-refractivity contribution is 5.77. The first-order valence-electron chi connectivity index (χ1n) is 12.5. The molecule has 2 heterocycles. The summed E-state index contributed by atoms with van der Waals surface area (Å²) in [5.74, 6) is -0.225. The summed E-state index contributed by atoms with van der Waals surface area (Å²) in [4.78, 5) is 30.5. The van der Waals surface area contributed by atoms with Crippen LogP contribution in [0.15, 0.2) is 54.6 Å². The molecule has 3 atom stereocenters. The van der Waals surface area contributed by atoms with E-state index in [1.54, 1.807) is 0 Å². The minimum absolute atomic E-state index is 0.0302. The molecule has 5 rings (SSSR count). The van der Waals surface area contributed by atoms with Gasteiger partial charge in [0.05, 0.1) is 13.5 Å². The summed E-state index contributed by atoms with van der Waals surface area (Å²) in [7, 11) is 1.44. The molecule has 1 unspecified atom stereocenters. The van der Waals surface area contributed by atoms with Crippen molar-refractivity contribution in [2.45, 2.75) is 63.3 Å². The standard InChI is InChI=1S/C29H36N2O3/c1-27(2)24-18-21-10-8-9-13-23(21)28(27,3)14-17-31(24)26(33)30-16-15-29(20-30,19-25(32)34-4)22-11-6-5-7-12-22/h5-13,24H,14-20H2,1-4H3/t24-,28+,29?/m1/s1. The molecule has 180 valence electrons. The van der Waals surface area contributed by atoms with E-state index in [2.05, 4.69) is 62.1 Å². The third-order valence-corrected chi connectivity index (χ3v) is 9.48. The number of fused-ring (bicyclic) bond motifs is 4. The SMILES string of the molecule is COC(=O)CC1(c2ccccc2)CCN(C(=O)N2CC[C@@]3(C)c4ccccc4C[C@@H]2C3(C)C)C1. The third kappa shape index (κ3) is 3.35. The Balaban J connectivity index is 1.43. The van der Waals surface area contributed by atoms with Crippen molar-refractivity contribution in [2.24, 2.45) is 5.41 Å². The number of urea groups is 1. The van der Waals surface area contributed by atoms with Crippen LogP contribution in [0.3, 0.4) is 0 Å². The molecule has 1 aliphatic carbocycles. The molecule has 0 radical (unpaired) electrons. The fourth-order valence-electron chi connectivity index (χ4n) is 6.94. The molecule has 0 aromatic heterocycles. The number of likely N-dealkylation sites (tertiary alicyclic amines) is 2. The van der Waals surface area contributed by atoms with E-state index in [1.165, 1.54) is 18.2 Å². The van der Waals surface area contributed by atoms with Crippen LogP contribution in [-0.2, 0) is 26.8 Å². The molecule has 2 saturated heterocycles. The Morgan fingerprint density at radius 3 is 2.41 bits per heavy atom. The molecule has 0 saturated carbocycles. The zero-order chi connectivity index (χ0) is 24.1. The van der Waals surface area contributed by atoms with E-state index in [-0.39, 0.29) is 35.3 Å². The van der Waals surface area contributed by atoms with E-state index in [0.29, 0.717) is 13.1 Å². The second-order valence-electron chi connectivity index (χ2n) is 11.2. The van der Waals surface area contributed by atoms with Crippen molar-refractivity contribution in [1.29, 1.82) is 0 Å². The van der Waals surface area contributed by atoms with Crippen molar-refractivity contribution in [3.63, 3.8) is 0 Å². The number of rotatable bonds is 3. The minimum Gasteiger partial charge on any atom is -0.469 e. The third-order valence-electron chi connectivity index (χ3n) is 9.48. The second kappa shape index (κ2) is 8.14. The van der Waals surface area contributed by atoms with Crippen LogP contribution in [-0.4, -0.2) is 54.6 Å². The Kier molecular flexibility index (Phi) is 5.50. The Bertz CT molecular complexity index is 1100. The van der Waals surface area contributed by atoms with Crippen LogP contribution in [0.2, 0.25) is 0 Å². The summed E-state index contributed by atoms with van der Waals surface area (Å²) in [6.07, 6.45) is 2.90. The number of benzene rings is 2. The van der Waals surface area contributed by atoms with Crippen LogP contribution in [0.1, 0.15) is 56.7 Å². The molecule has 2 aromatic rings. The van der Waals surface area contributed by atoms with Crippen molar-refractivity contribution in [3.05, 3.63) is 71.3 Å². The summed E-state index contributed by atoms with van der Waals surface area (Å²) in [6.45, 7) is 9.02. The highest BCUT2D eigenvalue weighted by Crippen LogP contribution is 2.56. The van der Waals surface area contributed by atoms with E-state index in [4.69, 9.17) is 4.74 Å². The zero-order valence-corrected chi connectivity index (χ0v) is 20.8.